The van der Waals surface area contributed by atoms with Crippen molar-refractivity contribution in [1.29, 1.82) is 0 Å². The van der Waals surface area contributed by atoms with E-state index in [2.05, 4.69) is 15.4 Å². The van der Waals surface area contributed by atoms with E-state index in [0.717, 1.165) is 12.8 Å². The number of benzene rings is 3. The highest BCUT2D eigenvalue weighted by Gasteiger charge is 2.39. The lowest BCUT2D eigenvalue weighted by molar-refractivity contribution is -0.116. The Morgan fingerprint density at radius 3 is 2.31 bits per heavy atom. The summed E-state index contributed by atoms with van der Waals surface area (Å²) >= 11 is 0. The van der Waals surface area contributed by atoms with Gasteiger partial charge in [0.15, 0.2) is 11.8 Å². The summed E-state index contributed by atoms with van der Waals surface area (Å²) in [6.07, 6.45) is 0.995. The maximum Gasteiger partial charge on any atom is 0.242 e. The van der Waals surface area contributed by atoms with Gasteiger partial charge in [-0.2, -0.15) is 4.72 Å². The first-order valence-corrected chi connectivity index (χ1v) is 14.1. The first-order chi connectivity index (χ1) is 18.7. The monoisotopic (exact) mass is 551 g/mol. The van der Waals surface area contributed by atoms with Crippen LogP contribution in [0, 0.1) is 0 Å². The molecule has 3 N–H and O–H groups in total. The molecule has 2 atom stereocenters. The van der Waals surface area contributed by atoms with Crippen molar-refractivity contribution in [3.8, 4) is 11.5 Å². The lowest BCUT2D eigenvalue weighted by atomic mass is 10.1. The molecule has 3 aromatic rings. The van der Waals surface area contributed by atoms with Crippen LogP contribution < -0.4 is 35.5 Å². The molecule has 11 heteroatoms. The molecule has 3 aromatic carbocycles. The van der Waals surface area contributed by atoms with Crippen molar-refractivity contribution in [2.45, 2.75) is 49.8 Å². The number of hydrogen-bond acceptors (Lipinski definition) is 8. The Bertz CT molecular complexity index is 1550. The highest BCUT2D eigenvalue weighted by molar-refractivity contribution is 7.89. The van der Waals surface area contributed by atoms with Gasteiger partial charge in [0.2, 0.25) is 15.9 Å². The van der Waals surface area contributed by atoms with Gasteiger partial charge in [-0.05, 0) is 43.7 Å². The van der Waals surface area contributed by atoms with Gasteiger partial charge in [-0.15, -0.1) is 0 Å². The number of nitrogens with zero attached hydrogens (tertiary/aromatic N) is 2. The summed E-state index contributed by atoms with van der Waals surface area (Å²) in [5.74, 6) is 0.953. The van der Waals surface area contributed by atoms with Gasteiger partial charge in [-0.25, -0.2) is 8.42 Å². The van der Waals surface area contributed by atoms with Crippen molar-refractivity contribution in [2.24, 2.45) is 9.98 Å². The standard InChI is InChI=1S/C28H33N5O5S/c1-5-6-14-26(34)29-19-10-9-11-23(17-19)39(35,36)33-27-28(2,32-25-13-8-7-12-24(25)30-27)31-20-15-21(37-3)18-22(16-20)38-4/h7-13,15-18,27,31,33H,5-6,14H2,1-4H3,(H,29,34). The predicted molar refractivity (Wildman–Crippen MR) is 149 cm³/mol. The molecule has 39 heavy (non-hydrogen) atoms. The Kier molecular flexibility index (Phi) is 8.51. The van der Waals surface area contributed by atoms with Gasteiger partial charge in [0, 0.05) is 36.0 Å². The normalized spacial score (nSPS) is 18.2. The van der Waals surface area contributed by atoms with Gasteiger partial charge < -0.3 is 20.1 Å². The molecule has 0 fully saturated rings. The average Bonchev–Trinajstić information content (AvgIpc) is 2.92. The second-order valence-corrected chi connectivity index (χ2v) is 11.0. The number of fused-ring (bicyclic) bond motifs is 1. The SMILES string of the molecule is CCCCC(=O)Nc1cccc(S(=O)(=O)NC2N=c3ccccc3=NC2(C)Nc2cc(OC)cc(OC)c2)c1. The van der Waals surface area contributed by atoms with Crippen LogP contribution in [0.4, 0.5) is 11.4 Å². The number of nitrogens with one attached hydrogen (secondary N) is 3. The van der Waals surface area contributed by atoms with E-state index in [-0.39, 0.29) is 10.8 Å². The highest BCUT2D eigenvalue weighted by Crippen LogP contribution is 2.30. The van der Waals surface area contributed by atoms with Crippen molar-refractivity contribution in [1.82, 2.24) is 4.72 Å². The zero-order valence-corrected chi connectivity index (χ0v) is 23.2. The molecule has 0 aliphatic carbocycles. The van der Waals surface area contributed by atoms with E-state index in [1.807, 2.05) is 25.1 Å². The fraction of sp³-hybridized carbons (Fsp3) is 0.321. The van der Waals surface area contributed by atoms with Crippen molar-refractivity contribution < 1.29 is 22.7 Å². The maximum absolute atomic E-state index is 13.6. The summed E-state index contributed by atoms with van der Waals surface area (Å²) in [5.41, 5.74) is -0.211. The van der Waals surface area contributed by atoms with Crippen LogP contribution >= 0.6 is 0 Å². The van der Waals surface area contributed by atoms with Crippen LogP contribution in [0.2, 0.25) is 0 Å². The number of carbonyl (C=O) groups is 1. The molecule has 0 bridgehead atoms. The number of unbranched alkanes of at least 4 members (excludes halogenated alkanes) is 1. The molecule has 0 saturated heterocycles. The van der Waals surface area contributed by atoms with Crippen LogP contribution in [0.5, 0.6) is 11.5 Å². The van der Waals surface area contributed by atoms with Gasteiger partial charge >= 0.3 is 0 Å². The molecule has 0 spiro atoms. The summed E-state index contributed by atoms with van der Waals surface area (Å²) in [7, 11) is -0.972. The van der Waals surface area contributed by atoms with E-state index < -0.39 is 21.9 Å². The third kappa shape index (κ3) is 6.73. The summed E-state index contributed by atoms with van der Waals surface area (Å²) < 4.78 is 40.6. The van der Waals surface area contributed by atoms with E-state index in [1.165, 1.54) is 12.1 Å². The van der Waals surface area contributed by atoms with E-state index >= 15 is 0 Å². The number of carbonyl (C=O) groups excluding carboxylic acids is 1. The molecule has 0 aromatic heterocycles. The molecule has 1 aliphatic heterocycles. The predicted octanol–water partition coefficient (Wildman–Crippen LogP) is 3.22. The minimum Gasteiger partial charge on any atom is -0.497 e. The second kappa shape index (κ2) is 11.8. The van der Waals surface area contributed by atoms with Gasteiger partial charge in [0.1, 0.15) is 11.5 Å². The number of hydrogen-bond donors (Lipinski definition) is 3. The van der Waals surface area contributed by atoms with Crippen LogP contribution in [0.15, 0.2) is 81.6 Å². The summed E-state index contributed by atoms with van der Waals surface area (Å²) in [6.45, 7) is 3.76. The van der Waals surface area contributed by atoms with Crippen LogP contribution in [-0.4, -0.2) is 40.4 Å². The fourth-order valence-corrected chi connectivity index (χ4v) is 5.42. The third-order valence-corrected chi connectivity index (χ3v) is 7.64. The van der Waals surface area contributed by atoms with Crippen molar-refractivity contribution >= 4 is 27.3 Å². The topological polar surface area (TPSA) is 130 Å². The van der Waals surface area contributed by atoms with Crippen molar-refractivity contribution in [2.75, 3.05) is 24.9 Å². The zero-order chi connectivity index (χ0) is 28.0. The average molecular weight is 552 g/mol. The number of sulfonamides is 1. The lowest BCUT2D eigenvalue weighted by Gasteiger charge is -2.35. The summed E-state index contributed by atoms with van der Waals surface area (Å²) in [4.78, 5) is 21.8. The van der Waals surface area contributed by atoms with Crippen molar-refractivity contribution in [3.05, 3.63) is 77.4 Å². The first-order valence-electron chi connectivity index (χ1n) is 12.6. The molecule has 0 radical (unpaired) electrons. The number of anilines is 2. The molecular formula is C28H33N5O5S. The Morgan fingerprint density at radius 2 is 1.64 bits per heavy atom. The third-order valence-electron chi connectivity index (χ3n) is 6.24. The van der Waals surface area contributed by atoms with E-state index in [4.69, 9.17) is 19.5 Å². The minimum atomic E-state index is -4.07. The Morgan fingerprint density at radius 1 is 0.949 bits per heavy atom. The van der Waals surface area contributed by atoms with E-state index in [0.29, 0.717) is 40.0 Å². The number of ether oxygens (including phenoxy) is 2. The minimum absolute atomic E-state index is 0.00440. The van der Waals surface area contributed by atoms with Crippen LogP contribution in [0.3, 0.4) is 0 Å². The maximum atomic E-state index is 13.6. The van der Waals surface area contributed by atoms with Crippen LogP contribution in [-0.2, 0) is 14.8 Å². The summed E-state index contributed by atoms with van der Waals surface area (Å²) in [5, 5.41) is 7.27. The van der Waals surface area contributed by atoms with E-state index in [1.54, 1.807) is 57.5 Å². The Labute approximate surface area is 228 Å². The van der Waals surface area contributed by atoms with Crippen LogP contribution in [0.1, 0.15) is 33.1 Å². The molecule has 1 heterocycles. The smallest absolute Gasteiger partial charge is 0.242 e. The Hall–Kier alpha value is -3.96. The molecular weight excluding hydrogens is 518 g/mol. The number of amides is 1. The number of para-hydroxylation sites is 2. The molecule has 206 valence electrons. The molecule has 2 unspecified atom stereocenters. The quantitative estimate of drug-likeness (QED) is 0.336. The molecule has 0 saturated carbocycles. The van der Waals surface area contributed by atoms with Crippen molar-refractivity contribution in [3.63, 3.8) is 0 Å². The highest BCUT2D eigenvalue weighted by atomic mass is 32.2. The van der Waals surface area contributed by atoms with Gasteiger partial charge in [-0.3, -0.25) is 14.8 Å². The van der Waals surface area contributed by atoms with Gasteiger partial charge in [-0.1, -0.05) is 31.5 Å². The van der Waals surface area contributed by atoms with E-state index in [9.17, 15) is 13.2 Å². The van der Waals surface area contributed by atoms with Gasteiger partial charge in [0.25, 0.3) is 0 Å². The van der Waals surface area contributed by atoms with Gasteiger partial charge in [0.05, 0.1) is 29.8 Å². The zero-order valence-electron chi connectivity index (χ0n) is 22.4. The molecule has 10 nitrogen and oxygen atoms in total. The Balaban J connectivity index is 1.68. The molecule has 1 amide bonds. The summed E-state index contributed by atoms with van der Waals surface area (Å²) in [6, 6.07) is 18.7. The largest absolute Gasteiger partial charge is 0.497 e. The fourth-order valence-electron chi connectivity index (χ4n) is 4.17. The van der Waals surface area contributed by atoms with Crippen LogP contribution in [0.25, 0.3) is 0 Å². The molecule has 1 aliphatic rings. The number of rotatable bonds is 11. The lowest BCUT2D eigenvalue weighted by Crippen LogP contribution is -2.58. The first kappa shape index (κ1) is 28.1. The second-order valence-electron chi connectivity index (χ2n) is 9.31. The number of methoxy groups -OCH3 is 2. The molecule has 4 rings (SSSR count).